The van der Waals surface area contributed by atoms with Crippen molar-refractivity contribution in [2.24, 2.45) is 5.73 Å². The molecule has 2 aromatic carbocycles. The molecular weight excluding hydrogens is 320 g/mol. The summed E-state index contributed by atoms with van der Waals surface area (Å²) in [6.45, 7) is 1.93. The van der Waals surface area contributed by atoms with Crippen LogP contribution in [0.5, 0.6) is 11.5 Å². The Morgan fingerprint density at radius 1 is 1.00 bits per heavy atom. The fourth-order valence-corrected chi connectivity index (χ4v) is 2.19. The van der Waals surface area contributed by atoms with Crippen LogP contribution in [0.4, 0.5) is 5.69 Å². The molecule has 0 radical (unpaired) electrons. The molecule has 0 bridgehead atoms. The van der Waals surface area contributed by atoms with E-state index in [1.54, 1.807) is 31.4 Å². The van der Waals surface area contributed by atoms with E-state index in [0.29, 0.717) is 26.4 Å². The first-order valence-electron chi connectivity index (χ1n) is 8.14. The minimum Gasteiger partial charge on any atom is -0.492 e. The maximum atomic E-state index is 12.2. The van der Waals surface area contributed by atoms with Crippen LogP contribution in [0.2, 0.25) is 0 Å². The predicted octanol–water partition coefficient (Wildman–Crippen LogP) is 2.23. The number of methoxy groups -OCH3 is 1. The normalized spacial score (nSPS) is 10.3. The van der Waals surface area contributed by atoms with Gasteiger partial charge in [-0.1, -0.05) is 12.1 Å². The zero-order valence-corrected chi connectivity index (χ0v) is 14.4. The number of nitrogens with one attached hydrogen (secondary N) is 1. The van der Waals surface area contributed by atoms with Gasteiger partial charge in [-0.25, -0.2) is 0 Å². The third kappa shape index (κ3) is 6.82. The molecule has 134 valence electrons. The van der Waals surface area contributed by atoms with Crippen LogP contribution in [-0.4, -0.2) is 39.4 Å². The topological polar surface area (TPSA) is 82.8 Å². The number of amides is 1. The lowest BCUT2D eigenvalue weighted by Crippen LogP contribution is -2.14. The van der Waals surface area contributed by atoms with Crippen molar-refractivity contribution in [1.29, 1.82) is 0 Å². The summed E-state index contributed by atoms with van der Waals surface area (Å²) in [6, 6.07) is 14.7. The van der Waals surface area contributed by atoms with Crippen LogP contribution in [0.3, 0.4) is 0 Å². The van der Waals surface area contributed by atoms with Gasteiger partial charge in [-0.05, 0) is 42.0 Å². The molecule has 6 heteroatoms. The molecule has 0 saturated heterocycles. The molecule has 2 rings (SSSR count). The van der Waals surface area contributed by atoms with Crippen LogP contribution < -0.4 is 20.5 Å². The van der Waals surface area contributed by atoms with E-state index < -0.39 is 0 Å². The second-order valence-corrected chi connectivity index (χ2v) is 5.38. The molecule has 0 spiro atoms. The third-order valence-electron chi connectivity index (χ3n) is 3.34. The lowest BCUT2D eigenvalue weighted by molar-refractivity contribution is -0.115. The number of carbonyl (C=O) groups is 1. The Labute approximate surface area is 147 Å². The standard InChI is InChI=1S/C19H24N2O4/c1-23-11-12-25-18-4-2-3-15(13-18)14-19(22)21-16-5-7-17(8-6-16)24-10-9-20/h2-8,13H,9-12,14,20H2,1H3,(H,21,22). The van der Waals surface area contributed by atoms with E-state index in [-0.39, 0.29) is 12.3 Å². The van der Waals surface area contributed by atoms with Gasteiger partial charge in [0.15, 0.2) is 0 Å². The zero-order valence-electron chi connectivity index (χ0n) is 14.4. The average molecular weight is 344 g/mol. The summed E-state index contributed by atoms with van der Waals surface area (Å²) in [7, 11) is 1.63. The Kier molecular flexibility index (Phi) is 7.75. The minimum absolute atomic E-state index is 0.0929. The quantitative estimate of drug-likeness (QED) is 0.646. The van der Waals surface area contributed by atoms with Crippen LogP contribution in [-0.2, 0) is 16.0 Å². The van der Waals surface area contributed by atoms with Gasteiger partial charge >= 0.3 is 0 Å². The second kappa shape index (κ2) is 10.3. The molecule has 0 aromatic heterocycles. The molecule has 0 saturated carbocycles. The molecule has 3 N–H and O–H groups in total. The maximum Gasteiger partial charge on any atom is 0.228 e. The van der Waals surface area contributed by atoms with Gasteiger partial charge in [-0.2, -0.15) is 0 Å². The molecule has 6 nitrogen and oxygen atoms in total. The molecule has 0 aliphatic heterocycles. The first-order chi connectivity index (χ1) is 12.2. The van der Waals surface area contributed by atoms with Crippen LogP contribution in [0, 0.1) is 0 Å². The van der Waals surface area contributed by atoms with Gasteiger partial charge in [0, 0.05) is 19.3 Å². The summed E-state index contributed by atoms with van der Waals surface area (Å²) < 4.78 is 15.9. The fourth-order valence-electron chi connectivity index (χ4n) is 2.19. The summed E-state index contributed by atoms with van der Waals surface area (Å²) in [5, 5.41) is 2.87. The van der Waals surface area contributed by atoms with Crippen LogP contribution in [0.25, 0.3) is 0 Å². The Morgan fingerprint density at radius 2 is 1.76 bits per heavy atom. The summed E-state index contributed by atoms with van der Waals surface area (Å²) in [6.07, 6.45) is 0.271. The van der Waals surface area contributed by atoms with Crippen molar-refractivity contribution in [2.75, 3.05) is 38.8 Å². The molecular formula is C19H24N2O4. The molecule has 25 heavy (non-hydrogen) atoms. The fraction of sp³-hybridized carbons (Fsp3) is 0.316. The van der Waals surface area contributed by atoms with E-state index >= 15 is 0 Å². The van der Waals surface area contributed by atoms with Crippen molar-refractivity contribution < 1.29 is 19.0 Å². The number of benzene rings is 2. The molecule has 0 unspecified atom stereocenters. The molecule has 0 atom stereocenters. The number of hydrogen-bond acceptors (Lipinski definition) is 5. The Morgan fingerprint density at radius 3 is 2.48 bits per heavy atom. The van der Waals surface area contributed by atoms with Gasteiger partial charge in [0.2, 0.25) is 5.91 Å². The van der Waals surface area contributed by atoms with Crippen LogP contribution in [0.1, 0.15) is 5.56 Å². The summed E-state index contributed by atoms with van der Waals surface area (Å²) in [4.78, 5) is 12.2. The molecule has 2 aromatic rings. The molecule has 0 aliphatic rings. The van der Waals surface area contributed by atoms with E-state index in [1.807, 2.05) is 24.3 Å². The van der Waals surface area contributed by atoms with Crippen LogP contribution >= 0.6 is 0 Å². The Hall–Kier alpha value is -2.57. The molecule has 0 heterocycles. The van der Waals surface area contributed by atoms with Crippen molar-refractivity contribution in [2.45, 2.75) is 6.42 Å². The van der Waals surface area contributed by atoms with E-state index in [0.717, 1.165) is 22.7 Å². The van der Waals surface area contributed by atoms with Crippen molar-refractivity contribution in [3.05, 3.63) is 54.1 Å². The highest BCUT2D eigenvalue weighted by Crippen LogP contribution is 2.17. The van der Waals surface area contributed by atoms with Crippen molar-refractivity contribution in [3.63, 3.8) is 0 Å². The first-order valence-corrected chi connectivity index (χ1v) is 8.14. The number of anilines is 1. The lowest BCUT2D eigenvalue weighted by Gasteiger charge is -2.09. The van der Waals surface area contributed by atoms with Crippen molar-refractivity contribution in [1.82, 2.24) is 0 Å². The van der Waals surface area contributed by atoms with Crippen molar-refractivity contribution >= 4 is 11.6 Å². The Bertz CT molecular complexity index is 659. The van der Waals surface area contributed by atoms with E-state index in [4.69, 9.17) is 19.9 Å². The van der Waals surface area contributed by atoms with Crippen molar-refractivity contribution in [3.8, 4) is 11.5 Å². The first kappa shape index (κ1) is 18.8. The minimum atomic E-state index is -0.0929. The van der Waals surface area contributed by atoms with E-state index in [9.17, 15) is 4.79 Å². The maximum absolute atomic E-state index is 12.2. The van der Waals surface area contributed by atoms with Gasteiger partial charge in [-0.3, -0.25) is 4.79 Å². The number of nitrogens with two attached hydrogens (primary N) is 1. The molecule has 1 amide bonds. The number of ether oxygens (including phenoxy) is 3. The van der Waals surface area contributed by atoms with Gasteiger partial charge < -0.3 is 25.3 Å². The summed E-state index contributed by atoms with van der Waals surface area (Å²) >= 11 is 0. The molecule has 0 aliphatic carbocycles. The SMILES string of the molecule is COCCOc1cccc(CC(=O)Nc2ccc(OCCN)cc2)c1. The summed E-state index contributed by atoms with van der Waals surface area (Å²) in [5.74, 6) is 1.36. The highest BCUT2D eigenvalue weighted by Gasteiger charge is 2.06. The van der Waals surface area contributed by atoms with Gasteiger partial charge in [-0.15, -0.1) is 0 Å². The highest BCUT2D eigenvalue weighted by molar-refractivity contribution is 5.92. The van der Waals surface area contributed by atoms with Gasteiger partial charge in [0.05, 0.1) is 13.0 Å². The van der Waals surface area contributed by atoms with Gasteiger partial charge in [0.1, 0.15) is 24.7 Å². The predicted molar refractivity (Wildman–Crippen MR) is 97.1 cm³/mol. The second-order valence-electron chi connectivity index (χ2n) is 5.38. The number of hydrogen-bond donors (Lipinski definition) is 2. The smallest absolute Gasteiger partial charge is 0.228 e. The third-order valence-corrected chi connectivity index (χ3v) is 3.34. The zero-order chi connectivity index (χ0) is 17.9. The number of rotatable bonds is 10. The average Bonchev–Trinajstić information content (AvgIpc) is 2.62. The lowest BCUT2D eigenvalue weighted by atomic mass is 10.1. The summed E-state index contributed by atoms with van der Waals surface area (Å²) in [5.41, 5.74) is 7.00. The van der Waals surface area contributed by atoms with Crippen LogP contribution in [0.15, 0.2) is 48.5 Å². The monoisotopic (exact) mass is 344 g/mol. The van der Waals surface area contributed by atoms with E-state index in [2.05, 4.69) is 5.32 Å². The Balaban J connectivity index is 1.86. The van der Waals surface area contributed by atoms with E-state index in [1.165, 1.54) is 0 Å². The molecule has 0 fully saturated rings. The van der Waals surface area contributed by atoms with Gasteiger partial charge in [0.25, 0.3) is 0 Å². The largest absolute Gasteiger partial charge is 0.492 e. The highest BCUT2D eigenvalue weighted by atomic mass is 16.5. The number of carbonyl (C=O) groups excluding carboxylic acids is 1.